The van der Waals surface area contributed by atoms with E-state index in [1.807, 2.05) is 0 Å². The van der Waals surface area contributed by atoms with Gasteiger partial charge in [-0.25, -0.2) is 4.79 Å². The van der Waals surface area contributed by atoms with Crippen molar-refractivity contribution >= 4 is 41.4 Å². The van der Waals surface area contributed by atoms with Gasteiger partial charge < -0.3 is 37.0 Å². The van der Waals surface area contributed by atoms with Crippen LogP contribution in [-0.2, 0) is 24.0 Å². The van der Waals surface area contributed by atoms with Gasteiger partial charge in [-0.3, -0.25) is 19.2 Å². The van der Waals surface area contributed by atoms with Crippen LogP contribution in [0.4, 0.5) is 0 Å². The van der Waals surface area contributed by atoms with E-state index in [4.69, 9.17) is 10.8 Å². The number of aliphatic hydroxyl groups excluding tert-OH is 1. The Bertz CT molecular complexity index is 601. The minimum absolute atomic E-state index is 0.130. The molecule has 0 aliphatic rings. The second-order valence-electron chi connectivity index (χ2n) is 6.16. The van der Waals surface area contributed by atoms with Crippen molar-refractivity contribution in [1.29, 1.82) is 0 Å². The van der Waals surface area contributed by atoms with Gasteiger partial charge in [-0.2, -0.15) is 11.8 Å². The van der Waals surface area contributed by atoms with Crippen LogP contribution in [0, 0.1) is 0 Å². The molecule has 0 heterocycles. The van der Waals surface area contributed by atoms with E-state index in [9.17, 15) is 34.2 Å². The van der Waals surface area contributed by atoms with E-state index >= 15 is 0 Å². The maximum Gasteiger partial charge on any atom is 0.326 e. The summed E-state index contributed by atoms with van der Waals surface area (Å²) in [5.74, 6) is -4.59. The number of hydrogen-bond donors (Lipinski definition) is 7. The van der Waals surface area contributed by atoms with Crippen molar-refractivity contribution in [3.05, 3.63) is 0 Å². The van der Waals surface area contributed by atoms with Crippen molar-refractivity contribution in [2.24, 2.45) is 5.73 Å². The lowest BCUT2D eigenvalue weighted by Gasteiger charge is -2.25. The van der Waals surface area contributed by atoms with Crippen molar-refractivity contribution < 1.29 is 39.3 Å². The van der Waals surface area contributed by atoms with Gasteiger partial charge in [-0.1, -0.05) is 0 Å². The highest BCUT2D eigenvalue weighted by molar-refractivity contribution is 7.98. The summed E-state index contributed by atoms with van der Waals surface area (Å²) in [5, 5.41) is 34.5. The Labute approximate surface area is 172 Å². The van der Waals surface area contributed by atoms with Crippen molar-refractivity contribution in [3.8, 4) is 0 Å². The molecule has 4 atom stereocenters. The van der Waals surface area contributed by atoms with E-state index in [2.05, 4.69) is 16.0 Å². The number of rotatable bonds is 14. The first-order valence-electron chi connectivity index (χ1n) is 8.75. The van der Waals surface area contributed by atoms with Gasteiger partial charge in [0.05, 0.1) is 12.6 Å². The Kier molecular flexibility index (Phi) is 12.6. The standard InChI is InChI=1S/C16H28N4O8S/c1-8(21)13(20-11(22)7-17)15(26)18-9(3-4-12(23)24)14(25)19-10(16(27)28)5-6-29-2/h8-10,13,21H,3-7,17H2,1-2H3,(H,18,26)(H,19,25)(H,20,22)(H,23,24)(H,27,28). The maximum atomic E-state index is 12.5. The Morgan fingerprint density at radius 2 is 1.55 bits per heavy atom. The predicted octanol–water partition coefficient (Wildman–Crippen LogP) is -2.52. The molecule has 29 heavy (non-hydrogen) atoms. The van der Waals surface area contributed by atoms with Crippen LogP contribution in [0.15, 0.2) is 0 Å². The minimum Gasteiger partial charge on any atom is -0.481 e. The summed E-state index contributed by atoms with van der Waals surface area (Å²) < 4.78 is 0. The number of hydrogen-bond acceptors (Lipinski definition) is 8. The zero-order valence-electron chi connectivity index (χ0n) is 16.2. The van der Waals surface area contributed by atoms with Crippen molar-refractivity contribution in [3.63, 3.8) is 0 Å². The summed E-state index contributed by atoms with van der Waals surface area (Å²) in [6.07, 6.45) is -0.233. The van der Waals surface area contributed by atoms with Crippen molar-refractivity contribution in [2.45, 2.75) is 50.4 Å². The lowest BCUT2D eigenvalue weighted by molar-refractivity contribution is -0.143. The molecule has 0 fully saturated rings. The third kappa shape index (κ3) is 10.7. The molecule has 0 saturated carbocycles. The number of nitrogens with two attached hydrogens (primary N) is 1. The molecule has 0 bridgehead atoms. The molecule has 0 saturated heterocycles. The molecule has 166 valence electrons. The zero-order valence-corrected chi connectivity index (χ0v) is 17.0. The lowest BCUT2D eigenvalue weighted by Crippen LogP contribution is -2.58. The van der Waals surface area contributed by atoms with Gasteiger partial charge in [-0.15, -0.1) is 0 Å². The topological polar surface area (TPSA) is 208 Å². The number of carboxylic acid groups (broad SMARTS) is 2. The molecule has 0 rings (SSSR count). The molecule has 13 heteroatoms. The first-order valence-corrected chi connectivity index (χ1v) is 10.1. The van der Waals surface area contributed by atoms with Crippen LogP contribution in [0.2, 0.25) is 0 Å². The van der Waals surface area contributed by atoms with E-state index in [-0.39, 0.29) is 12.8 Å². The van der Waals surface area contributed by atoms with Gasteiger partial charge in [0, 0.05) is 6.42 Å². The number of carboxylic acids is 2. The Morgan fingerprint density at radius 1 is 0.966 bits per heavy atom. The number of thioether (sulfide) groups is 1. The van der Waals surface area contributed by atoms with Crippen LogP contribution in [0.25, 0.3) is 0 Å². The van der Waals surface area contributed by atoms with Crippen LogP contribution in [-0.4, -0.2) is 87.8 Å². The minimum atomic E-state index is -1.43. The molecule has 4 unspecified atom stereocenters. The molecule has 0 aromatic heterocycles. The van der Waals surface area contributed by atoms with Crippen LogP contribution < -0.4 is 21.7 Å². The van der Waals surface area contributed by atoms with E-state index in [0.29, 0.717) is 5.75 Å². The number of aliphatic carboxylic acids is 2. The third-order valence-electron chi connectivity index (χ3n) is 3.77. The number of amides is 3. The fourth-order valence-corrected chi connectivity index (χ4v) is 2.67. The zero-order chi connectivity index (χ0) is 22.6. The summed E-state index contributed by atoms with van der Waals surface area (Å²) in [5.41, 5.74) is 5.16. The quantitative estimate of drug-likeness (QED) is 0.152. The highest BCUT2D eigenvalue weighted by Gasteiger charge is 2.31. The van der Waals surface area contributed by atoms with Gasteiger partial charge in [0.15, 0.2) is 0 Å². The fourth-order valence-electron chi connectivity index (χ4n) is 2.20. The van der Waals surface area contributed by atoms with E-state index in [1.54, 1.807) is 6.26 Å². The molecule has 0 aromatic rings. The first-order chi connectivity index (χ1) is 13.5. The lowest BCUT2D eigenvalue weighted by atomic mass is 10.1. The van der Waals surface area contributed by atoms with Gasteiger partial charge in [0.25, 0.3) is 0 Å². The van der Waals surface area contributed by atoms with Crippen LogP contribution in [0.5, 0.6) is 0 Å². The molecule has 0 aromatic carbocycles. The molecule has 0 radical (unpaired) electrons. The van der Waals surface area contributed by atoms with E-state index in [0.717, 1.165) is 0 Å². The summed E-state index contributed by atoms with van der Waals surface area (Å²) in [4.78, 5) is 58.5. The normalized spacial score (nSPS) is 14.8. The SMILES string of the molecule is CSCCC(NC(=O)C(CCC(=O)O)NC(=O)C(NC(=O)CN)C(C)O)C(=O)O. The smallest absolute Gasteiger partial charge is 0.326 e. The van der Waals surface area contributed by atoms with Gasteiger partial charge >= 0.3 is 11.9 Å². The highest BCUT2D eigenvalue weighted by atomic mass is 32.2. The number of nitrogens with one attached hydrogen (secondary N) is 3. The molecule has 0 spiro atoms. The molecule has 8 N–H and O–H groups in total. The van der Waals surface area contributed by atoms with Crippen LogP contribution in [0.1, 0.15) is 26.2 Å². The van der Waals surface area contributed by atoms with E-state index < -0.39 is 66.9 Å². The second-order valence-corrected chi connectivity index (χ2v) is 7.15. The fraction of sp³-hybridized carbons (Fsp3) is 0.688. The van der Waals surface area contributed by atoms with Gasteiger partial charge in [0.2, 0.25) is 17.7 Å². The Morgan fingerprint density at radius 3 is 2.00 bits per heavy atom. The van der Waals surface area contributed by atoms with Crippen LogP contribution in [0.3, 0.4) is 0 Å². The highest BCUT2D eigenvalue weighted by Crippen LogP contribution is 2.05. The average Bonchev–Trinajstić information content (AvgIpc) is 2.64. The summed E-state index contributed by atoms with van der Waals surface area (Å²) in [7, 11) is 0. The predicted molar refractivity (Wildman–Crippen MR) is 104 cm³/mol. The molecular weight excluding hydrogens is 408 g/mol. The van der Waals surface area contributed by atoms with Gasteiger partial charge in [0.1, 0.15) is 18.1 Å². The largest absolute Gasteiger partial charge is 0.481 e. The molecular formula is C16H28N4O8S. The second kappa shape index (κ2) is 13.7. The summed E-state index contributed by atoms with van der Waals surface area (Å²) >= 11 is 1.38. The van der Waals surface area contributed by atoms with Crippen molar-refractivity contribution in [2.75, 3.05) is 18.6 Å². The number of carbonyl (C=O) groups excluding carboxylic acids is 3. The maximum absolute atomic E-state index is 12.5. The number of carbonyl (C=O) groups is 5. The Balaban J connectivity index is 5.34. The summed E-state index contributed by atoms with van der Waals surface area (Å²) in [6.45, 7) is 0.797. The van der Waals surface area contributed by atoms with Gasteiger partial charge in [-0.05, 0) is 31.8 Å². The third-order valence-corrected chi connectivity index (χ3v) is 4.42. The van der Waals surface area contributed by atoms with Crippen molar-refractivity contribution in [1.82, 2.24) is 16.0 Å². The number of aliphatic hydroxyl groups is 1. The first kappa shape index (κ1) is 26.6. The molecule has 0 aliphatic carbocycles. The molecule has 12 nitrogen and oxygen atoms in total. The Hall–Kier alpha value is -2.38. The molecule has 0 aliphatic heterocycles. The molecule has 3 amide bonds. The van der Waals surface area contributed by atoms with E-state index in [1.165, 1.54) is 18.7 Å². The average molecular weight is 436 g/mol. The summed E-state index contributed by atoms with van der Waals surface area (Å²) in [6, 6.07) is -4.03. The monoisotopic (exact) mass is 436 g/mol. The van der Waals surface area contributed by atoms with Crippen LogP contribution >= 0.6 is 11.8 Å².